The zero-order chi connectivity index (χ0) is 12.3. The summed E-state index contributed by atoms with van der Waals surface area (Å²) in [6.45, 7) is 0. The number of ether oxygens (including phenoxy) is 1. The Morgan fingerprint density at radius 3 is 2.62 bits per heavy atom. The Morgan fingerprint density at radius 1 is 1.50 bits per heavy atom. The van der Waals surface area contributed by atoms with E-state index in [1.807, 2.05) is 0 Å². The number of phenols is 1. The van der Waals surface area contributed by atoms with Gasteiger partial charge in [-0.1, -0.05) is 15.9 Å². The Labute approximate surface area is 110 Å². The highest BCUT2D eigenvalue weighted by atomic mass is 79.9. The molecule has 4 nitrogen and oxygen atoms in total. The minimum atomic E-state index is -0.612. The lowest BCUT2D eigenvalue weighted by Gasteiger charge is -2.15. The Hall–Kier alpha value is -0.590. The van der Waals surface area contributed by atoms with Gasteiger partial charge in [-0.25, -0.2) is 0 Å². The van der Waals surface area contributed by atoms with E-state index in [1.54, 1.807) is 12.1 Å². The molecule has 3 N–H and O–H groups in total. The first kappa shape index (κ1) is 13.5. The molecule has 0 amide bonds. The quantitative estimate of drug-likeness (QED) is 0.819. The molecular formula is C10H11Br2NO3. The second kappa shape index (κ2) is 5.65. The molecule has 1 aromatic carbocycles. The summed E-state index contributed by atoms with van der Waals surface area (Å²) < 4.78 is 5.72. The number of halogens is 2. The third-order valence-corrected chi connectivity index (χ3v) is 3.43. The highest BCUT2D eigenvalue weighted by Gasteiger charge is 2.19. The first-order valence-corrected chi connectivity index (χ1v) is 6.05. The van der Waals surface area contributed by atoms with E-state index in [0.29, 0.717) is 14.5 Å². The zero-order valence-corrected chi connectivity index (χ0v) is 11.7. The number of nitrogens with two attached hydrogens (primary N) is 1. The maximum absolute atomic E-state index is 11.1. The van der Waals surface area contributed by atoms with E-state index in [-0.39, 0.29) is 12.2 Å². The lowest BCUT2D eigenvalue weighted by molar-refractivity contribution is -0.141. The van der Waals surface area contributed by atoms with Crippen molar-refractivity contribution in [2.24, 2.45) is 5.73 Å². The highest BCUT2D eigenvalue weighted by molar-refractivity contribution is 9.11. The van der Waals surface area contributed by atoms with Crippen molar-refractivity contribution in [1.29, 1.82) is 0 Å². The first-order valence-electron chi connectivity index (χ1n) is 4.46. The molecule has 0 radical (unpaired) electrons. The predicted molar refractivity (Wildman–Crippen MR) is 67.1 cm³/mol. The fourth-order valence-corrected chi connectivity index (χ4v) is 2.23. The molecule has 0 saturated heterocycles. The van der Waals surface area contributed by atoms with Gasteiger partial charge in [0.1, 0.15) is 5.75 Å². The molecular weight excluding hydrogens is 342 g/mol. The average Bonchev–Trinajstić information content (AvgIpc) is 2.24. The van der Waals surface area contributed by atoms with Crippen LogP contribution in [0.15, 0.2) is 21.1 Å². The van der Waals surface area contributed by atoms with Crippen LogP contribution in [0.1, 0.15) is 18.0 Å². The van der Waals surface area contributed by atoms with Gasteiger partial charge in [-0.15, -0.1) is 0 Å². The van der Waals surface area contributed by atoms with E-state index in [0.717, 1.165) is 0 Å². The molecule has 0 aromatic heterocycles. The molecule has 1 atom stereocenters. The van der Waals surface area contributed by atoms with Gasteiger partial charge in [0.15, 0.2) is 0 Å². The van der Waals surface area contributed by atoms with Crippen molar-refractivity contribution in [2.45, 2.75) is 12.5 Å². The van der Waals surface area contributed by atoms with Gasteiger partial charge in [0.25, 0.3) is 0 Å². The molecule has 0 saturated carbocycles. The van der Waals surface area contributed by atoms with Gasteiger partial charge < -0.3 is 15.6 Å². The predicted octanol–water partition coefficient (Wildman–Crippen LogP) is 2.48. The molecule has 16 heavy (non-hydrogen) atoms. The van der Waals surface area contributed by atoms with Crippen molar-refractivity contribution in [1.82, 2.24) is 0 Å². The van der Waals surface area contributed by atoms with E-state index in [2.05, 4.69) is 36.6 Å². The Bertz CT molecular complexity index is 409. The van der Waals surface area contributed by atoms with Gasteiger partial charge in [-0.3, -0.25) is 4.79 Å². The fourth-order valence-electron chi connectivity index (χ4n) is 1.27. The van der Waals surface area contributed by atoms with Gasteiger partial charge >= 0.3 is 5.97 Å². The molecule has 1 aromatic rings. The summed E-state index contributed by atoms with van der Waals surface area (Å²) in [5.41, 5.74) is 6.32. The summed E-state index contributed by atoms with van der Waals surface area (Å²) >= 11 is 6.47. The molecule has 1 rings (SSSR count). The number of methoxy groups -OCH3 is 1. The summed E-state index contributed by atoms with van der Waals surface area (Å²) in [7, 11) is 1.30. The normalized spacial score (nSPS) is 12.2. The topological polar surface area (TPSA) is 72.5 Å². The van der Waals surface area contributed by atoms with Crippen LogP contribution in [0.25, 0.3) is 0 Å². The number of phenolic OH excluding ortho intramolecular Hbond substituents is 1. The van der Waals surface area contributed by atoms with E-state index in [4.69, 9.17) is 5.73 Å². The van der Waals surface area contributed by atoms with Gasteiger partial charge in [0, 0.05) is 16.1 Å². The number of carbonyl (C=O) groups excluding carboxylic acids is 1. The smallest absolute Gasteiger partial charge is 0.307 e. The number of benzene rings is 1. The molecule has 6 heteroatoms. The van der Waals surface area contributed by atoms with Crippen molar-refractivity contribution in [3.8, 4) is 5.75 Å². The van der Waals surface area contributed by atoms with Gasteiger partial charge in [-0.2, -0.15) is 0 Å². The van der Waals surface area contributed by atoms with Crippen LogP contribution in [0.2, 0.25) is 0 Å². The third kappa shape index (κ3) is 2.96. The minimum Gasteiger partial charge on any atom is -0.506 e. The summed E-state index contributed by atoms with van der Waals surface area (Å²) in [5, 5.41) is 9.83. The largest absolute Gasteiger partial charge is 0.506 e. The lowest BCUT2D eigenvalue weighted by atomic mass is 10.0. The maximum atomic E-state index is 11.1. The van der Waals surface area contributed by atoms with E-state index < -0.39 is 12.0 Å². The standard InChI is InChI=1S/C10H11Br2NO3/c1-16-8(14)4-7(13)9-5(11)2-3-6(12)10(9)15/h2-3,7,15H,4,13H2,1H3/t7-/m0/s1. The molecule has 0 aliphatic carbocycles. The van der Waals surface area contributed by atoms with Crippen LogP contribution in [0.3, 0.4) is 0 Å². The monoisotopic (exact) mass is 351 g/mol. The summed E-state index contributed by atoms with van der Waals surface area (Å²) in [6, 6.07) is 2.82. The first-order chi connectivity index (χ1) is 7.47. The maximum Gasteiger partial charge on any atom is 0.307 e. The summed E-state index contributed by atoms with van der Waals surface area (Å²) in [4.78, 5) is 11.1. The molecule has 88 valence electrons. The van der Waals surface area contributed by atoms with Gasteiger partial charge in [-0.05, 0) is 28.1 Å². The Balaban J connectivity index is 3.03. The fraction of sp³-hybridized carbons (Fsp3) is 0.300. The SMILES string of the molecule is COC(=O)C[C@H](N)c1c(Br)ccc(Br)c1O. The van der Waals surface area contributed by atoms with E-state index in [9.17, 15) is 9.90 Å². The van der Waals surface area contributed by atoms with Crippen molar-refractivity contribution in [3.05, 3.63) is 26.6 Å². The third-order valence-electron chi connectivity index (χ3n) is 2.10. The van der Waals surface area contributed by atoms with Crippen molar-refractivity contribution < 1.29 is 14.6 Å². The molecule has 0 aliphatic rings. The average molecular weight is 353 g/mol. The summed E-state index contributed by atoms with van der Waals surface area (Å²) in [6.07, 6.45) is 0.0130. The van der Waals surface area contributed by atoms with Crippen molar-refractivity contribution in [2.75, 3.05) is 7.11 Å². The molecule has 0 heterocycles. The minimum absolute atomic E-state index is 0.0130. The van der Waals surface area contributed by atoms with Gasteiger partial charge in [0.05, 0.1) is 18.0 Å². The molecule has 0 bridgehead atoms. The van der Waals surface area contributed by atoms with Crippen LogP contribution < -0.4 is 5.73 Å². The van der Waals surface area contributed by atoms with Crippen LogP contribution in [-0.4, -0.2) is 18.2 Å². The number of esters is 1. The molecule has 0 aliphatic heterocycles. The number of hydrogen-bond donors (Lipinski definition) is 2. The Morgan fingerprint density at radius 2 is 2.06 bits per heavy atom. The summed E-state index contributed by atoms with van der Waals surface area (Å²) in [5.74, 6) is -0.385. The van der Waals surface area contributed by atoms with Gasteiger partial charge in [0.2, 0.25) is 0 Å². The highest BCUT2D eigenvalue weighted by Crippen LogP contribution is 2.37. The lowest BCUT2D eigenvalue weighted by Crippen LogP contribution is -2.17. The van der Waals surface area contributed by atoms with Crippen LogP contribution in [0.5, 0.6) is 5.75 Å². The van der Waals surface area contributed by atoms with Crippen LogP contribution in [0, 0.1) is 0 Å². The van der Waals surface area contributed by atoms with E-state index in [1.165, 1.54) is 7.11 Å². The number of aromatic hydroxyl groups is 1. The van der Waals surface area contributed by atoms with Crippen LogP contribution >= 0.6 is 31.9 Å². The number of rotatable bonds is 3. The second-order valence-electron chi connectivity index (χ2n) is 3.18. The number of carbonyl (C=O) groups is 1. The Kier molecular flexibility index (Phi) is 4.76. The molecule has 0 unspecified atom stereocenters. The molecule has 0 fully saturated rings. The molecule has 0 spiro atoms. The van der Waals surface area contributed by atoms with Crippen LogP contribution in [0.4, 0.5) is 0 Å². The van der Waals surface area contributed by atoms with Crippen LogP contribution in [-0.2, 0) is 9.53 Å². The van der Waals surface area contributed by atoms with Crippen molar-refractivity contribution >= 4 is 37.8 Å². The zero-order valence-electron chi connectivity index (χ0n) is 8.54. The van der Waals surface area contributed by atoms with Crippen molar-refractivity contribution in [3.63, 3.8) is 0 Å². The second-order valence-corrected chi connectivity index (χ2v) is 4.89. The van der Waals surface area contributed by atoms with E-state index >= 15 is 0 Å². The number of hydrogen-bond acceptors (Lipinski definition) is 4.